The normalized spacial score (nSPS) is 13.0. The summed E-state index contributed by atoms with van der Waals surface area (Å²) in [6.07, 6.45) is 20.9. The fourth-order valence-corrected chi connectivity index (χ4v) is 9.60. The summed E-state index contributed by atoms with van der Waals surface area (Å²) in [5.74, 6) is -0.125. The van der Waals surface area contributed by atoms with Crippen LogP contribution in [0.3, 0.4) is 0 Å². The van der Waals surface area contributed by atoms with E-state index in [-0.39, 0.29) is 58.6 Å². The Morgan fingerprint density at radius 1 is 0.486 bits per heavy atom. The molecule has 5 rings (SSSR count). The lowest BCUT2D eigenvalue weighted by atomic mass is 9.75. The number of piperazine rings is 1. The van der Waals surface area contributed by atoms with E-state index in [9.17, 15) is 14.4 Å². The molecule has 1 heterocycles. The Balaban J connectivity index is 0.852. The average Bonchev–Trinajstić information content (AvgIpc) is 3.41. The minimum atomic E-state index is -0.526. The van der Waals surface area contributed by atoms with E-state index in [2.05, 4.69) is 91.5 Å². The van der Waals surface area contributed by atoms with E-state index in [1.165, 1.54) is 113 Å². The highest BCUT2D eigenvalue weighted by atomic mass is 16.6. The minimum Gasteiger partial charge on any atom is -0.493 e. The van der Waals surface area contributed by atoms with Gasteiger partial charge in [0.05, 0.1) is 51.4 Å². The van der Waals surface area contributed by atoms with E-state index in [0.29, 0.717) is 39.4 Å². The molecule has 1 fully saturated rings. The van der Waals surface area contributed by atoms with Crippen molar-refractivity contribution in [3.8, 4) is 5.75 Å². The molecule has 1 aliphatic heterocycles. The van der Waals surface area contributed by atoms with Crippen LogP contribution < -0.4 is 4.74 Å². The lowest BCUT2D eigenvalue weighted by molar-refractivity contribution is -0.151. The van der Waals surface area contributed by atoms with Crippen LogP contribution in [0, 0.1) is 13.8 Å². The van der Waals surface area contributed by atoms with Crippen LogP contribution in [0.2, 0.25) is 0 Å². The van der Waals surface area contributed by atoms with E-state index in [4.69, 9.17) is 28.4 Å². The number of amides is 1. The van der Waals surface area contributed by atoms with Gasteiger partial charge in [0, 0.05) is 26.2 Å². The molecule has 0 atom stereocenters. The molecule has 4 aromatic rings. The Labute approximate surface area is 432 Å². The smallest absolute Gasteiger partial charge is 0.409 e. The number of hydrogen-bond acceptors (Lipinski definition) is 10. The number of nitrogens with zero attached hydrogens (tertiary/aromatic N) is 2. The van der Waals surface area contributed by atoms with Crippen LogP contribution >= 0.6 is 0 Å². The largest absolute Gasteiger partial charge is 0.493 e. The second-order valence-corrected chi connectivity index (χ2v) is 19.2. The SMILES string of the molecule is CCCCCCCCCCCCCCCCCCOc1cc(COC(=O)CCC(=O)OCCOCCOCCOC(=O)N2CCN(C(c3ccccc3)(c3ccccc3)c3ccccc3)CC2)cc(C)c1C. The third-order valence-electron chi connectivity index (χ3n) is 13.8. The van der Waals surface area contributed by atoms with Gasteiger partial charge < -0.3 is 33.3 Å². The molecule has 0 aromatic heterocycles. The number of hydrogen-bond donors (Lipinski definition) is 0. The number of ether oxygens (including phenoxy) is 6. The van der Waals surface area contributed by atoms with E-state index in [1.807, 2.05) is 37.3 Å². The highest BCUT2D eigenvalue weighted by Crippen LogP contribution is 2.43. The van der Waals surface area contributed by atoms with Crippen LogP contribution in [0.4, 0.5) is 4.79 Å². The predicted octanol–water partition coefficient (Wildman–Crippen LogP) is 13.1. The summed E-state index contributed by atoms with van der Waals surface area (Å²) in [4.78, 5) is 42.1. The zero-order valence-corrected chi connectivity index (χ0v) is 44.1. The van der Waals surface area contributed by atoms with Crippen molar-refractivity contribution in [2.24, 2.45) is 0 Å². The number of carbonyl (C=O) groups excluding carboxylic acids is 3. The summed E-state index contributed by atoms with van der Waals surface area (Å²) in [6.45, 7) is 10.7. The quantitative estimate of drug-likeness (QED) is 0.0189. The molecule has 4 aromatic carbocycles. The van der Waals surface area contributed by atoms with Crippen molar-refractivity contribution in [1.29, 1.82) is 0 Å². The molecule has 1 aliphatic rings. The van der Waals surface area contributed by atoms with Crippen molar-refractivity contribution in [1.82, 2.24) is 9.80 Å². The van der Waals surface area contributed by atoms with Crippen molar-refractivity contribution >= 4 is 18.0 Å². The summed E-state index contributed by atoms with van der Waals surface area (Å²) in [6, 6.07) is 35.7. The topological polar surface area (TPSA) is 113 Å². The van der Waals surface area contributed by atoms with Gasteiger partial charge in [0.25, 0.3) is 0 Å². The van der Waals surface area contributed by atoms with E-state index in [0.717, 1.165) is 28.9 Å². The molecule has 1 saturated heterocycles. The van der Waals surface area contributed by atoms with Crippen molar-refractivity contribution in [2.75, 3.05) is 72.4 Å². The maximum absolute atomic E-state index is 13.1. The van der Waals surface area contributed by atoms with Gasteiger partial charge in [-0.15, -0.1) is 0 Å². The van der Waals surface area contributed by atoms with Gasteiger partial charge in [0.2, 0.25) is 0 Å². The number of unbranched alkanes of at least 4 members (excludes halogenated alkanes) is 15. The number of esters is 2. The average molecular weight is 991 g/mol. The lowest BCUT2D eigenvalue weighted by Crippen LogP contribution is -2.57. The highest BCUT2D eigenvalue weighted by molar-refractivity contribution is 5.77. The Hall–Kier alpha value is -5.23. The molecule has 0 unspecified atom stereocenters. The first-order chi connectivity index (χ1) is 35.3. The molecule has 0 aliphatic carbocycles. The molecule has 0 spiro atoms. The van der Waals surface area contributed by atoms with E-state index in [1.54, 1.807) is 4.90 Å². The van der Waals surface area contributed by atoms with E-state index >= 15 is 0 Å². The summed E-state index contributed by atoms with van der Waals surface area (Å²) < 4.78 is 33.6. The summed E-state index contributed by atoms with van der Waals surface area (Å²) in [5.41, 5.74) is 6.03. The maximum Gasteiger partial charge on any atom is 0.409 e. The third-order valence-corrected chi connectivity index (χ3v) is 13.8. The molecule has 0 radical (unpaired) electrons. The van der Waals surface area contributed by atoms with Crippen LogP contribution in [0.15, 0.2) is 103 Å². The summed E-state index contributed by atoms with van der Waals surface area (Å²) >= 11 is 0. The lowest BCUT2D eigenvalue weighted by Gasteiger charge is -2.48. The standard InChI is InChI=1S/C61H86N2O9/c1-4-5-6-7-8-9-10-11-12-13-14-15-16-17-18-28-41-69-57-49-53(48-51(2)52(57)3)50-72-59(65)36-35-58(64)70-46-44-67-42-43-68-45-47-71-60(66)62-37-39-63(40-38-62)61(54-29-22-19-23-30-54,55-31-24-20-25-32-55)56-33-26-21-27-34-56/h19-27,29-34,48-49H,4-18,28,35-47,50H2,1-3H3. The molecule has 0 bridgehead atoms. The molecule has 394 valence electrons. The summed E-state index contributed by atoms with van der Waals surface area (Å²) in [5, 5.41) is 0. The van der Waals surface area contributed by atoms with Gasteiger partial charge in [-0.05, 0) is 59.7 Å². The molecule has 11 heteroatoms. The second kappa shape index (κ2) is 34.2. The Bertz CT molecular complexity index is 2000. The second-order valence-electron chi connectivity index (χ2n) is 19.2. The molecular formula is C61H86N2O9. The first-order valence-electron chi connectivity index (χ1n) is 27.4. The van der Waals surface area contributed by atoms with Gasteiger partial charge in [-0.25, -0.2) is 4.79 Å². The third kappa shape index (κ3) is 20.0. The van der Waals surface area contributed by atoms with Gasteiger partial charge >= 0.3 is 18.0 Å². The Kier molecular flexibility index (Phi) is 27.4. The van der Waals surface area contributed by atoms with Crippen LogP contribution in [0.25, 0.3) is 0 Å². The van der Waals surface area contributed by atoms with Gasteiger partial charge in [-0.1, -0.05) is 200 Å². The minimum absolute atomic E-state index is 0.0623. The molecule has 0 saturated carbocycles. The van der Waals surface area contributed by atoms with Crippen LogP contribution in [0.5, 0.6) is 5.75 Å². The van der Waals surface area contributed by atoms with Crippen LogP contribution in [-0.4, -0.2) is 100 Å². The maximum atomic E-state index is 13.1. The van der Waals surface area contributed by atoms with Crippen molar-refractivity contribution in [2.45, 2.75) is 148 Å². The predicted molar refractivity (Wildman–Crippen MR) is 286 cm³/mol. The molecule has 11 nitrogen and oxygen atoms in total. The fourth-order valence-electron chi connectivity index (χ4n) is 9.60. The van der Waals surface area contributed by atoms with Gasteiger partial charge in [-0.2, -0.15) is 0 Å². The van der Waals surface area contributed by atoms with Gasteiger partial charge in [0.1, 0.15) is 25.6 Å². The highest BCUT2D eigenvalue weighted by Gasteiger charge is 2.43. The Morgan fingerprint density at radius 3 is 1.40 bits per heavy atom. The first-order valence-corrected chi connectivity index (χ1v) is 27.4. The molecule has 1 amide bonds. The van der Waals surface area contributed by atoms with Crippen LogP contribution in [-0.2, 0) is 45.4 Å². The van der Waals surface area contributed by atoms with Crippen molar-refractivity contribution in [3.63, 3.8) is 0 Å². The number of carbonyl (C=O) groups is 3. The Morgan fingerprint density at radius 2 is 0.917 bits per heavy atom. The monoisotopic (exact) mass is 991 g/mol. The number of rotatable bonds is 36. The molecule has 0 N–H and O–H groups in total. The van der Waals surface area contributed by atoms with Crippen LogP contribution in [0.1, 0.15) is 156 Å². The fraction of sp³-hybridized carbons (Fsp3) is 0.557. The zero-order chi connectivity index (χ0) is 50.9. The number of benzene rings is 4. The summed E-state index contributed by atoms with van der Waals surface area (Å²) in [7, 11) is 0. The van der Waals surface area contributed by atoms with Crippen molar-refractivity contribution < 1.29 is 42.8 Å². The molecular weight excluding hydrogens is 905 g/mol. The number of aryl methyl sites for hydroxylation is 1. The molecule has 72 heavy (non-hydrogen) atoms. The van der Waals surface area contributed by atoms with E-state index < -0.39 is 17.5 Å². The first kappa shape index (κ1) is 57.7. The van der Waals surface area contributed by atoms with Crippen molar-refractivity contribution in [3.05, 3.63) is 137 Å². The van der Waals surface area contributed by atoms with Gasteiger partial charge in [-0.3, -0.25) is 14.5 Å². The zero-order valence-electron chi connectivity index (χ0n) is 44.1. The van der Waals surface area contributed by atoms with Gasteiger partial charge in [0.15, 0.2) is 0 Å².